The summed E-state index contributed by atoms with van der Waals surface area (Å²) in [5.74, 6) is -0.187. The van der Waals surface area contributed by atoms with E-state index in [4.69, 9.17) is 0 Å². The second-order valence-electron chi connectivity index (χ2n) is 4.92. The van der Waals surface area contributed by atoms with Crippen molar-refractivity contribution in [2.45, 2.75) is 18.6 Å². The fourth-order valence-electron chi connectivity index (χ4n) is 2.32. The summed E-state index contributed by atoms with van der Waals surface area (Å²) in [5, 5.41) is 20.7. The van der Waals surface area contributed by atoms with E-state index in [0.717, 1.165) is 11.1 Å². The van der Waals surface area contributed by atoms with Gasteiger partial charge in [0.2, 0.25) is 0 Å². The van der Waals surface area contributed by atoms with Crippen LogP contribution in [0.3, 0.4) is 0 Å². The molecule has 0 fully saturated rings. The average Bonchev–Trinajstić information content (AvgIpc) is 2.53. The van der Waals surface area contributed by atoms with Gasteiger partial charge in [0, 0.05) is 5.92 Å². The zero-order chi connectivity index (χ0) is 14.4. The molecule has 0 heterocycles. The molecule has 2 N–H and O–H groups in total. The molecule has 0 amide bonds. The second kappa shape index (κ2) is 7.04. The summed E-state index contributed by atoms with van der Waals surface area (Å²) in [6.45, 7) is 3.78. The van der Waals surface area contributed by atoms with Gasteiger partial charge in [-0.15, -0.1) is 6.58 Å². The average molecular weight is 268 g/mol. The highest BCUT2D eigenvalue weighted by atomic mass is 16.3. The van der Waals surface area contributed by atoms with Crippen LogP contribution in [0.4, 0.5) is 0 Å². The SMILES string of the molecule is C=CC(CC(O)c1ccccc1)C(O)c1ccccc1. The molecule has 0 bridgehead atoms. The van der Waals surface area contributed by atoms with Crippen LogP contribution in [0.15, 0.2) is 73.3 Å². The van der Waals surface area contributed by atoms with E-state index in [1.807, 2.05) is 60.7 Å². The maximum absolute atomic E-state index is 10.4. The van der Waals surface area contributed by atoms with E-state index in [1.54, 1.807) is 6.08 Å². The van der Waals surface area contributed by atoms with Crippen LogP contribution < -0.4 is 0 Å². The molecule has 0 saturated heterocycles. The topological polar surface area (TPSA) is 40.5 Å². The Morgan fingerprint density at radius 1 is 0.850 bits per heavy atom. The Balaban J connectivity index is 2.07. The van der Waals surface area contributed by atoms with Crippen LogP contribution >= 0.6 is 0 Å². The van der Waals surface area contributed by atoms with E-state index in [-0.39, 0.29) is 5.92 Å². The van der Waals surface area contributed by atoms with Gasteiger partial charge in [-0.05, 0) is 17.5 Å². The molecule has 0 aliphatic carbocycles. The molecule has 20 heavy (non-hydrogen) atoms. The van der Waals surface area contributed by atoms with Crippen LogP contribution in [-0.2, 0) is 0 Å². The Morgan fingerprint density at radius 2 is 1.35 bits per heavy atom. The van der Waals surface area contributed by atoms with E-state index < -0.39 is 12.2 Å². The maximum Gasteiger partial charge on any atom is 0.0853 e. The van der Waals surface area contributed by atoms with Crippen LogP contribution in [0.2, 0.25) is 0 Å². The molecule has 0 aromatic heterocycles. The predicted octanol–water partition coefficient (Wildman–Crippen LogP) is 3.65. The summed E-state index contributed by atoms with van der Waals surface area (Å²) in [4.78, 5) is 0. The predicted molar refractivity (Wildman–Crippen MR) is 81.1 cm³/mol. The molecular weight excluding hydrogens is 248 g/mol. The van der Waals surface area contributed by atoms with Crippen molar-refractivity contribution in [3.63, 3.8) is 0 Å². The van der Waals surface area contributed by atoms with E-state index in [9.17, 15) is 10.2 Å². The molecule has 0 aliphatic heterocycles. The van der Waals surface area contributed by atoms with Crippen molar-refractivity contribution in [2.24, 2.45) is 5.92 Å². The first kappa shape index (κ1) is 14.5. The Kier molecular flexibility index (Phi) is 5.10. The maximum atomic E-state index is 10.4. The number of rotatable bonds is 6. The first-order chi connectivity index (χ1) is 9.72. The smallest absolute Gasteiger partial charge is 0.0853 e. The van der Waals surface area contributed by atoms with Gasteiger partial charge in [-0.25, -0.2) is 0 Å². The molecule has 104 valence electrons. The van der Waals surface area contributed by atoms with Gasteiger partial charge in [0.1, 0.15) is 0 Å². The van der Waals surface area contributed by atoms with Crippen molar-refractivity contribution < 1.29 is 10.2 Å². The van der Waals surface area contributed by atoms with Gasteiger partial charge in [0.25, 0.3) is 0 Å². The Labute approximate surface area is 120 Å². The lowest BCUT2D eigenvalue weighted by atomic mass is 9.89. The quantitative estimate of drug-likeness (QED) is 0.785. The lowest BCUT2D eigenvalue weighted by molar-refractivity contribution is 0.0813. The van der Waals surface area contributed by atoms with Crippen LogP contribution in [0.25, 0.3) is 0 Å². The molecule has 2 aromatic rings. The normalized spacial score (nSPS) is 15.3. The Morgan fingerprint density at radius 3 is 1.85 bits per heavy atom. The lowest BCUT2D eigenvalue weighted by Gasteiger charge is -2.23. The third-order valence-corrected chi connectivity index (χ3v) is 3.53. The third kappa shape index (κ3) is 3.56. The van der Waals surface area contributed by atoms with E-state index >= 15 is 0 Å². The zero-order valence-corrected chi connectivity index (χ0v) is 11.4. The minimum Gasteiger partial charge on any atom is -0.388 e. The molecule has 2 aromatic carbocycles. The minimum absolute atomic E-state index is 0.187. The molecule has 0 radical (unpaired) electrons. The monoisotopic (exact) mass is 268 g/mol. The van der Waals surface area contributed by atoms with Crippen molar-refractivity contribution in [3.8, 4) is 0 Å². The zero-order valence-electron chi connectivity index (χ0n) is 11.4. The number of aliphatic hydroxyl groups is 2. The molecule has 2 heteroatoms. The summed E-state index contributed by atoms with van der Waals surface area (Å²) in [6, 6.07) is 19.0. The number of benzene rings is 2. The second-order valence-corrected chi connectivity index (χ2v) is 4.92. The fraction of sp³-hybridized carbons (Fsp3) is 0.222. The van der Waals surface area contributed by atoms with Crippen molar-refractivity contribution in [1.82, 2.24) is 0 Å². The first-order valence-corrected chi connectivity index (χ1v) is 6.81. The third-order valence-electron chi connectivity index (χ3n) is 3.53. The highest BCUT2D eigenvalue weighted by Crippen LogP contribution is 2.31. The molecule has 0 aliphatic rings. The molecule has 2 nitrogen and oxygen atoms in total. The highest BCUT2D eigenvalue weighted by molar-refractivity contribution is 5.21. The van der Waals surface area contributed by atoms with Crippen LogP contribution in [-0.4, -0.2) is 10.2 Å². The minimum atomic E-state index is -0.646. The van der Waals surface area contributed by atoms with Gasteiger partial charge >= 0.3 is 0 Å². The van der Waals surface area contributed by atoms with Gasteiger partial charge in [0.05, 0.1) is 12.2 Å². The molecule has 3 unspecified atom stereocenters. The van der Waals surface area contributed by atoms with E-state index in [1.165, 1.54) is 0 Å². The molecule has 2 rings (SSSR count). The van der Waals surface area contributed by atoms with E-state index in [0.29, 0.717) is 6.42 Å². The Bertz CT molecular complexity index is 522. The molecule has 0 saturated carbocycles. The summed E-state index contributed by atoms with van der Waals surface area (Å²) < 4.78 is 0. The van der Waals surface area contributed by atoms with Crippen LogP contribution in [0, 0.1) is 5.92 Å². The molecule has 3 atom stereocenters. The summed E-state index contributed by atoms with van der Waals surface area (Å²) in [7, 11) is 0. The summed E-state index contributed by atoms with van der Waals surface area (Å²) in [6.07, 6.45) is 0.914. The largest absolute Gasteiger partial charge is 0.388 e. The molecular formula is C18H20O2. The van der Waals surface area contributed by atoms with Crippen molar-refractivity contribution in [3.05, 3.63) is 84.4 Å². The number of hydrogen-bond donors (Lipinski definition) is 2. The van der Waals surface area contributed by atoms with Crippen molar-refractivity contribution >= 4 is 0 Å². The summed E-state index contributed by atoms with van der Waals surface area (Å²) >= 11 is 0. The fourth-order valence-corrected chi connectivity index (χ4v) is 2.32. The summed E-state index contributed by atoms with van der Waals surface area (Å²) in [5.41, 5.74) is 1.71. The van der Waals surface area contributed by atoms with Crippen molar-refractivity contribution in [2.75, 3.05) is 0 Å². The van der Waals surface area contributed by atoms with E-state index in [2.05, 4.69) is 6.58 Å². The Hall–Kier alpha value is -1.90. The van der Waals surface area contributed by atoms with Gasteiger partial charge in [-0.2, -0.15) is 0 Å². The van der Waals surface area contributed by atoms with Gasteiger partial charge in [-0.1, -0.05) is 66.7 Å². The van der Waals surface area contributed by atoms with Gasteiger partial charge < -0.3 is 10.2 Å². The van der Waals surface area contributed by atoms with Gasteiger partial charge in [0.15, 0.2) is 0 Å². The lowest BCUT2D eigenvalue weighted by Crippen LogP contribution is -2.14. The number of hydrogen-bond acceptors (Lipinski definition) is 2. The van der Waals surface area contributed by atoms with Crippen molar-refractivity contribution in [1.29, 1.82) is 0 Å². The standard InChI is InChI=1S/C18H20O2/c1-2-14(18(20)16-11-7-4-8-12-16)13-17(19)15-9-5-3-6-10-15/h2-12,14,17-20H,1,13H2. The molecule has 0 spiro atoms. The highest BCUT2D eigenvalue weighted by Gasteiger charge is 2.21. The van der Waals surface area contributed by atoms with Crippen LogP contribution in [0.5, 0.6) is 0 Å². The van der Waals surface area contributed by atoms with Crippen LogP contribution in [0.1, 0.15) is 29.8 Å². The number of aliphatic hydroxyl groups excluding tert-OH is 2. The first-order valence-electron chi connectivity index (χ1n) is 6.81. The van der Waals surface area contributed by atoms with Gasteiger partial charge in [-0.3, -0.25) is 0 Å².